The molecule has 1 aliphatic carbocycles. The van der Waals surface area contributed by atoms with Crippen molar-refractivity contribution >= 4 is 86.4 Å². The molecule has 0 spiro atoms. The highest BCUT2D eigenvalue weighted by molar-refractivity contribution is 6.27. The van der Waals surface area contributed by atoms with Gasteiger partial charge in [-0.25, -0.2) is 0 Å². The number of hydrogen-bond acceptors (Lipinski definition) is 0. The molecule has 0 saturated heterocycles. The summed E-state index contributed by atoms with van der Waals surface area (Å²) in [6.45, 7) is 0. The minimum atomic E-state index is 1.11. The highest BCUT2D eigenvalue weighted by Crippen LogP contribution is 2.58. The van der Waals surface area contributed by atoms with E-state index in [0.717, 1.165) is 11.4 Å². The van der Waals surface area contributed by atoms with Crippen LogP contribution in [0.3, 0.4) is 0 Å². The van der Waals surface area contributed by atoms with Crippen LogP contribution in [0.2, 0.25) is 0 Å². The molecule has 0 aliphatic heterocycles. The van der Waals surface area contributed by atoms with Gasteiger partial charge < -0.3 is 9.13 Å². The summed E-state index contributed by atoms with van der Waals surface area (Å²) in [5, 5.41) is 17.3. The van der Waals surface area contributed by atoms with E-state index in [1.54, 1.807) is 0 Å². The number of benzene rings is 16. The Morgan fingerprint density at radius 3 is 0.867 bits per heavy atom. The summed E-state index contributed by atoms with van der Waals surface area (Å²) in [5.41, 5.74) is 24.1. The fourth-order valence-electron chi connectivity index (χ4n) is 15.4. The number of hydrogen-bond donors (Lipinski definition) is 0. The minimum Gasteiger partial charge on any atom is -0.309 e. The van der Waals surface area contributed by atoms with Gasteiger partial charge in [-0.05, 0) is 192 Å². The molecule has 0 unspecified atom stereocenters. The van der Waals surface area contributed by atoms with Crippen LogP contribution in [0.15, 0.2) is 328 Å². The van der Waals surface area contributed by atoms with Gasteiger partial charge in [0.1, 0.15) is 0 Å². The van der Waals surface area contributed by atoms with Crippen LogP contribution in [-0.4, -0.2) is 9.13 Å². The van der Waals surface area contributed by atoms with Gasteiger partial charge in [0.05, 0.1) is 22.4 Å². The van der Waals surface area contributed by atoms with Crippen molar-refractivity contribution in [1.29, 1.82) is 0 Å². The molecule has 0 fully saturated rings. The second kappa shape index (κ2) is 19.8. The molecule has 0 bridgehead atoms. The lowest BCUT2D eigenvalue weighted by molar-refractivity contribution is 1.14. The Morgan fingerprint density at radius 2 is 0.478 bits per heavy atom. The highest BCUT2D eigenvalue weighted by Gasteiger charge is 2.32. The normalized spacial score (nSPS) is 12.0. The van der Waals surface area contributed by atoms with Crippen LogP contribution in [0.4, 0.5) is 0 Å². The molecule has 1 aliphatic rings. The lowest BCUT2D eigenvalue weighted by Gasteiger charge is -2.21. The van der Waals surface area contributed by atoms with Crippen molar-refractivity contribution in [2.75, 3.05) is 0 Å². The largest absolute Gasteiger partial charge is 0.309 e. The predicted octanol–water partition coefficient (Wildman–Crippen LogP) is 24.1. The molecular formula is C88H54N2. The van der Waals surface area contributed by atoms with Crippen molar-refractivity contribution in [3.8, 4) is 101 Å². The molecule has 90 heavy (non-hydrogen) atoms. The van der Waals surface area contributed by atoms with Gasteiger partial charge >= 0.3 is 0 Å². The quantitative estimate of drug-likeness (QED) is 0.144. The van der Waals surface area contributed by atoms with Crippen LogP contribution in [0.1, 0.15) is 0 Å². The molecule has 18 aromatic rings. The Kier molecular flexibility index (Phi) is 11.1. The second-order valence-corrected chi connectivity index (χ2v) is 24.2. The zero-order valence-electron chi connectivity index (χ0n) is 49.1. The van der Waals surface area contributed by atoms with E-state index in [2.05, 4.69) is 337 Å². The van der Waals surface area contributed by atoms with Gasteiger partial charge in [-0.1, -0.05) is 267 Å². The SMILES string of the molecule is c1ccc2cc(-c3c(-c4ccc5ccccc5c4)n(-c4ccc(-c5c6c(c(-c7ccc(-n8c(-c9ccc%10ccccc%10c9)c(-c9ccc%10ccccc%10c9)c9ccccc98)cc7)c7ccccc57)-c5cccc7cccc-6c57)cc4)c4ccccc34)ccc2c1. The van der Waals surface area contributed by atoms with E-state index in [1.165, 1.54) is 176 Å². The Morgan fingerprint density at radius 1 is 0.178 bits per heavy atom. The van der Waals surface area contributed by atoms with Gasteiger partial charge in [-0.3, -0.25) is 0 Å². The van der Waals surface area contributed by atoms with Gasteiger partial charge in [-0.2, -0.15) is 0 Å². The minimum absolute atomic E-state index is 1.11. The second-order valence-electron chi connectivity index (χ2n) is 24.2. The van der Waals surface area contributed by atoms with Gasteiger partial charge in [0, 0.05) is 33.3 Å². The van der Waals surface area contributed by atoms with Crippen LogP contribution in [0.5, 0.6) is 0 Å². The zero-order valence-corrected chi connectivity index (χ0v) is 49.1. The third-order valence-electron chi connectivity index (χ3n) is 19.4. The number of aromatic nitrogens is 2. The number of rotatable bonds is 8. The molecule has 0 amide bonds. The maximum atomic E-state index is 2.51. The first-order chi connectivity index (χ1) is 44.6. The highest BCUT2D eigenvalue weighted by atomic mass is 15.0. The summed E-state index contributed by atoms with van der Waals surface area (Å²) in [5.74, 6) is 0. The van der Waals surface area contributed by atoms with Crippen molar-refractivity contribution in [1.82, 2.24) is 9.13 Å². The molecule has 16 aromatic carbocycles. The average Bonchev–Trinajstić information content (AvgIpc) is 1.73. The van der Waals surface area contributed by atoms with Crippen molar-refractivity contribution in [2.45, 2.75) is 0 Å². The average molecular weight is 1140 g/mol. The number of nitrogens with zero attached hydrogens (tertiary/aromatic N) is 2. The third-order valence-corrected chi connectivity index (χ3v) is 19.4. The Labute approximate surface area is 520 Å². The first kappa shape index (κ1) is 50.3. The van der Waals surface area contributed by atoms with E-state index in [9.17, 15) is 0 Å². The maximum Gasteiger partial charge on any atom is 0.0619 e. The van der Waals surface area contributed by atoms with Crippen LogP contribution in [-0.2, 0) is 0 Å². The molecule has 416 valence electrons. The van der Waals surface area contributed by atoms with Crippen LogP contribution in [0.25, 0.3) is 187 Å². The molecule has 0 saturated carbocycles. The Hall–Kier alpha value is -11.8. The molecule has 2 heterocycles. The van der Waals surface area contributed by atoms with E-state index in [0.29, 0.717) is 0 Å². The summed E-state index contributed by atoms with van der Waals surface area (Å²) in [4.78, 5) is 0. The molecule has 0 N–H and O–H groups in total. The van der Waals surface area contributed by atoms with E-state index >= 15 is 0 Å². The van der Waals surface area contributed by atoms with Crippen molar-refractivity contribution in [3.05, 3.63) is 328 Å². The first-order valence-electron chi connectivity index (χ1n) is 31.2. The molecule has 0 radical (unpaired) electrons. The van der Waals surface area contributed by atoms with Crippen LogP contribution >= 0.6 is 0 Å². The lowest BCUT2D eigenvalue weighted by Crippen LogP contribution is -1.99. The monoisotopic (exact) mass is 1140 g/mol. The summed E-state index contributed by atoms with van der Waals surface area (Å²) >= 11 is 0. The number of fused-ring (bicyclic) bond motifs is 10. The van der Waals surface area contributed by atoms with E-state index < -0.39 is 0 Å². The third kappa shape index (κ3) is 7.65. The van der Waals surface area contributed by atoms with E-state index in [1.807, 2.05) is 0 Å². The first-order valence-corrected chi connectivity index (χ1v) is 31.2. The fraction of sp³-hybridized carbons (Fsp3) is 0. The zero-order chi connectivity index (χ0) is 59.0. The van der Waals surface area contributed by atoms with Gasteiger partial charge in [0.25, 0.3) is 0 Å². The van der Waals surface area contributed by atoms with Gasteiger partial charge in [0.2, 0.25) is 0 Å². The van der Waals surface area contributed by atoms with Crippen molar-refractivity contribution < 1.29 is 0 Å². The molecule has 0 atom stereocenters. The summed E-state index contributed by atoms with van der Waals surface area (Å²) in [6, 6.07) is 122. The fourth-order valence-corrected chi connectivity index (χ4v) is 15.4. The standard InChI is InChI=1S/C88H54N2/c1-5-21-62-51-66(39-35-55(62)17-1)83-74-29-11-13-33-78(74)89(87(83)68-41-37-57-19-3-7-23-64(57)53-68)70-47-43-60(44-48-70)81-72-27-9-10-28-73(72)82(86-77-32-16-26-59-25-15-31-76(80(59)77)85(81)86)61-45-49-71(50-46-61)90-79-34-14-12-30-75(79)84(67-40-36-56-18-2-6-22-63(56)52-67)88(90)69-42-38-58-20-4-8-24-65(58)54-69/h1-54H. The molecule has 2 heteroatoms. The number of para-hydroxylation sites is 2. The van der Waals surface area contributed by atoms with E-state index in [4.69, 9.17) is 0 Å². The molecule has 2 aromatic heterocycles. The molecule has 19 rings (SSSR count). The summed E-state index contributed by atoms with van der Waals surface area (Å²) in [6.07, 6.45) is 0. The predicted molar refractivity (Wildman–Crippen MR) is 382 cm³/mol. The van der Waals surface area contributed by atoms with Gasteiger partial charge in [0.15, 0.2) is 0 Å². The molecular weight excluding hydrogens is 1080 g/mol. The van der Waals surface area contributed by atoms with Crippen molar-refractivity contribution in [2.24, 2.45) is 0 Å². The van der Waals surface area contributed by atoms with Crippen LogP contribution < -0.4 is 0 Å². The Balaban J connectivity index is 0.806. The maximum absolute atomic E-state index is 2.51. The van der Waals surface area contributed by atoms with Gasteiger partial charge in [-0.15, -0.1) is 0 Å². The summed E-state index contributed by atoms with van der Waals surface area (Å²) in [7, 11) is 0. The Bertz CT molecular complexity index is 5650. The van der Waals surface area contributed by atoms with Crippen LogP contribution in [0, 0.1) is 0 Å². The van der Waals surface area contributed by atoms with E-state index in [-0.39, 0.29) is 0 Å². The summed E-state index contributed by atoms with van der Waals surface area (Å²) < 4.78 is 5.01. The molecule has 2 nitrogen and oxygen atoms in total. The topological polar surface area (TPSA) is 9.86 Å². The smallest absolute Gasteiger partial charge is 0.0619 e. The van der Waals surface area contributed by atoms with Crippen molar-refractivity contribution in [3.63, 3.8) is 0 Å². The lowest BCUT2D eigenvalue weighted by atomic mass is 9.82.